The highest BCUT2D eigenvalue weighted by atomic mass is 16.2. The number of fused-ring (bicyclic) bond motifs is 1. The Kier molecular flexibility index (Phi) is 4.62. The zero-order valence-corrected chi connectivity index (χ0v) is 15.2. The van der Waals surface area contributed by atoms with Crippen molar-refractivity contribution in [3.05, 3.63) is 64.7 Å². The van der Waals surface area contributed by atoms with Crippen molar-refractivity contribution in [3.8, 4) is 0 Å². The van der Waals surface area contributed by atoms with Gasteiger partial charge in [-0.2, -0.15) is 0 Å². The normalized spacial score (nSPS) is 14.2. The van der Waals surface area contributed by atoms with Gasteiger partial charge in [0.1, 0.15) is 0 Å². The van der Waals surface area contributed by atoms with Crippen LogP contribution in [0.15, 0.2) is 42.5 Å². The Hall–Kier alpha value is -2.62. The molecule has 4 nitrogen and oxygen atoms in total. The lowest BCUT2D eigenvalue weighted by Gasteiger charge is -2.26. The fourth-order valence-corrected chi connectivity index (χ4v) is 3.31. The number of anilines is 1. The SMILES string of the molecule is CC(=O)N1CCc2cc(C(=O)N(C)C(C)c3ccc(C)cc3)ccc21. The van der Waals surface area contributed by atoms with Gasteiger partial charge in [0, 0.05) is 31.8 Å². The fourth-order valence-electron chi connectivity index (χ4n) is 3.31. The molecule has 25 heavy (non-hydrogen) atoms. The number of benzene rings is 2. The topological polar surface area (TPSA) is 40.6 Å². The Morgan fingerprint density at radius 2 is 1.80 bits per heavy atom. The highest BCUT2D eigenvalue weighted by Crippen LogP contribution is 2.30. The Labute approximate surface area is 149 Å². The molecule has 2 aromatic carbocycles. The van der Waals surface area contributed by atoms with E-state index in [9.17, 15) is 9.59 Å². The van der Waals surface area contributed by atoms with Crippen LogP contribution in [0.4, 0.5) is 5.69 Å². The van der Waals surface area contributed by atoms with Gasteiger partial charge in [-0.25, -0.2) is 0 Å². The Morgan fingerprint density at radius 1 is 1.12 bits per heavy atom. The molecule has 0 N–H and O–H groups in total. The van der Waals surface area contributed by atoms with Crippen molar-refractivity contribution in [1.29, 1.82) is 0 Å². The molecule has 0 spiro atoms. The van der Waals surface area contributed by atoms with E-state index in [1.54, 1.807) is 16.7 Å². The summed E-state index contributed by atoms with van der Waals surface area (Å²) in [5.41, 5.74) is 4.99. The molecular weight excluding hydrogens is 312 g/mol. The summed E-state index contributed by atoms with van der Waals surface area (Å²) in [7, 11) is 1.84. The first-order valence-electron chi connectivity index (χ1n) is 8.63. The number of amides is 2. The fraction of sp³-hybridized carbons (Fsp3) is 0.333. The smallest absolute Gasteiger partial charge is 0.254 e. The van der Waals surface area contributed by atoms with E-state index in [2.05, 4.69) is 31.2 Å². The lowest BCUT2D eigenvalue weighted by atomic mass is 10.0. The summed E-state index contributed by atoms with van der Waals surface area (Å²) in [4.78, 5) is 28.1. The monoisotopic (exact) mass is 336 g/mol. The molecule has 2 amide bonds. The minimum absolute atomic E-state index is 0.00264. The summed E-state index contributed by atoms with van der Waals surface area (Å²) in [6.07, 6.45) is 0.799. The average Bonchev–Trinajstić information content (AvgIpc) is 3.04. The molecule has 0 saturated carbocycles. The first-order chi connectivity index (χ1) is 11.9. The van der Waals surface area contributed by atoms with Crippen molar-refractivity contribution in [2.45, 2.75) is 33.2 Å². The van der Waals surface area contributed by atoms with Gasteiger partial charge in [-0.3, -0.25) is 9.59 Å². The van der Waals surface area contributed by atoms with E-state index in [0.29, 0.717) is 12.1 Å². The predicted molar refractivity (Wildman–Crippen MR) is 99.9 cm³/mol. The van der Waals surface area contributed by atoms with Crippen LogP contribution in [0.2, 0.25) is 0 Å². The molecule has 4 heteroatoms. The number of nitrogens with zero attached hydrogens (tertiary/aromatic N) is 2. The summed E-state index contributed by atoms with van der Waals surface area (Å²) in [5, 5.41) is 0. The van der Waals surface area contributed by atoms with E-state index in [4.69, 9.17) is 0 Å². The second-order valence-corrected chi connectivity index (χ2v) is 6.77. The number of carbonyl (C=O) groups excluding carboxylic acids is 2. The predicted octanol–water partition coefficient (Wildman–Crippen LogP) is 3.74. The van der Waals surface area contributed by atoms with Gasteiger partial charge >= 0.3 is 0 Å². The highest BCUT2D eigenvalue weighted by Gasteiger charge is 2.25. The molecule has 2 aromatic rings. The second-order valence-electron chi connectivity index (χ2n) is 6.77. The third-order valence-electron chi connectivity index (χ3n) is 5.06. The van der Waals surface area contributed by atoms with E-state index in [-0.39, 0.29) is 17.9 Å². The van der Waals surface area contributed by atoms with Crippen molar-refractivity contribution >= 4 is 17.5 Å². The van der Waals surface area contributed by atoms with E-state index in [1.165, 1.54) is 5.56 Å². The summed E-state index contributed by atoms with van der Waals surface area (Å²) in [6, 6.07) is 13.9. The maximum atomic E-state index is 12.9. The number of carbonyl (C=O) groups is 2. The second kappa shape index (κ2) is 6.71. The zero-order chi connectivity index (χ0) is 18.1. The van der Waals surface area contributed by atoms with Crippen LogP contribution < -0.4 is 4.90 Å². The van der Waals surface area contributed by atoms with Gasteiger partial charge in [-0.15, -0.1) is 0 Å². The van der Waals surface area contributed by atoms with Crippen LogP contribution in [-0.2, 0) is 11.2 Å². The van der Waals surface area contributed by atoms with Gasteiger partial charge < -0.3 is 9.80 Å². The molecule has 130 valence electrons. The number of hydrogen-bond donors (Lipinski definition) is 0. The maximum absolute atomic E-state index is 12.9. The van der Waals surface area contributed by atoms with Gasteiger partial charge in [0.05, 0.1) is 6.04 Å². The van der Waals surface area contributed by atoms with Gasteiger partial charge in [0.25, 0.3) is 5.91 Å². The third kappa shape index (κ3) is 3.29. The quantitative estimate of drug-likeness (QED) is 0.857. The number of hydrogen-bond acceptors (Lipinski definition) is 2. The Morgan fingerprint density at radius 3 is 2.44 bits per heavy atom. The van der Waals surface area contributed by atoms with Gasteiger partial charge in [-0.05, 0) is 49.6 Å². The largest absolute Gasteiger partial charge is 0.335 e. The van der Waals surface area contributed by atoms with E-state index in [1.807, 2.05) is 32.2 Å². The molecule has 1 atom stereocenters. The molecule has 1 unspecified atom stereocenters. The van der Waals surface area contributed by atoms with Crippen LogP contribution in [-0.4, -0.2) is 30.3 Å². The molecule has 1 heterocycles. The highest BCUT2D eigenvalue weighted by molar-refractivity contribution is 5.98. The standard InChI is InChI=1S/C21H24N2O2/c1-14-5-7-17(8-6-14)15(2)22(4)21(25)19-9-10-20-18(13-19)11-12-23(20)16(3)24/h5-10,13,15H,11-12H2,1-4H3. The minimum atomic E-state index is -0.00456. The van der Waals surface area contributed by atoms with Crippen molar-refractivity contribution < 1.29 is 9.59 Å². The summed E-state index contributed by atoms with van der Waals surface area (Å²) in [5.74, 6) is 0.0417. The van der Waals surface area contributed by atoms with E-state index < -0.39 is 0 Å². The average molecular weight is 336 g/mol. The van der Waals surface area contributed by atoms with Crippen LogP contribution in [0, 0.1) is 6.92 Å². The molecule has 1 aliphatic heterocycles. The minimum Gasteiger partial charge on any atom is -0.335 e. The summed E-state index contributed by atoms with van der Waals surface area (Å²) in [6.45, 7) is 6.36. The Bertz CT molecular complexity index is 811. The van der Waals surface area contributed by atoms with E-state index in [0.717, 1.165) is 23.2 Å². The van der Waals surface area contributed by atoms with Crippen LogP contribution in [0.25, 0.3) is 0 Å². The van der Waals surface area contributed by atoms with Crippen LogP contribution in [0.1, 0.15) is 46.9 Å². The molecule has 0 saturated heterocycles. The Balaban J connectivity index is 1.81. The first-order valence-corrected chi connectivity index (χ1v) is 8.63. The van der Waals surface area contributed by atoms with Crippen molar-refractivity contribution in [1.82, 2.24) is 4.90 Å². The third-order valence-corrected chi connectivity index (χ3v) is 5.06. The molecule has 0 bridgehead atoms. The van der Waals surface area contributed by atoms with Crippen molar-refractivity contribution in [3.63, 3.8) is 0 Å². The zero-order valence-electron chi connectivity index (χ0n) is 15.2. The van der Waals surface area contributed by atoms with Crippen LogP contribution in [0.3, 0.4) is 0 Å². The molecule has 0 aliphatic carbocycles. The maximum Gasteiger partial charge on any atom is 0.254 e. The van der Waals surface area contributed by atoms with Crippen LogP contribution in [0.5, 0.6) is 0 Å². The molecule has 3 rings (SSSR count). The molecule has 0 fully saturated rings. The van der Waals surface area contributed by atoms with Gasteiger partial charge in [0.2, 0.25) is 5.91 Å². The number of aryl methyl sites for hydroxylation is 1. The lowest BCUT2D eigenvalue weighted by molar-refractivity contribution is -0.116. The summed E-state index contributed by atoms with van der Waals surface area (Å²) >= 11 is 0. The van der Waals surface area contributed by atoms with Crippen molar-refractivity contribution in [2.24, 2.45) is 0 Å². The lowest BCUT2D eigenvalue weighted by Crippen LogP contribution is -2.29. The first kappa shape index (κ1) is 17.2. The van der Waals surface area contributed by atoms with Crippen molar-refractivity contribution in [2.75, 3.05) is 18.5 Å². The molecule has 0 radical (unpaired) electrons. The number of rotatable bonds is 3. The van der Waals surface area contributed by atoms with Gasteiger partial charge in [0.15, 0.2) is 0 Å². The molecular formula is C21H24N2O2. The van der Waals surface area contributed by atoms with Gasteiger partial charge in [-0.1, -0.05) is 29.8 Å². The van der Waals surface area contributed by atoms with Crippen LogP contribution >= 0.6 is 0 Å². The molecule has 0 aromatic heterocycles. The van der Waals surface area contributed by atoms with E-state index >= 15 is 0 Å². The molecule has 1 aliphatic rings. The summed E-state index contributed by atoms with van der Waals surface area (Å²) < 4.78 is 0.